The number of carbonyl (C=O) groups excluding carboxylic acids is 2. The highest BCUT2D eigenvalue weighted by atomic mass is 35.5. The number of ketones is 1. The molecule has 3 rings (SSSR count). The van der Waals surface area contributed by atoms with Crippen LogP contribution in [0.2, 0.25) is 5.02 Å². The molecule has 11 heteroatoms. The van der Waals surface area contributed by atoms with Crippen molar-refractivity contribution in [1.29, 1.82) is 0 Å². The monoisotopic (exact) mass is 502 g/mol. The van der Waals surface area contributed by atoms with Gasteiger partial charge in [0.1, 0.15) is 10.6 Å². The molecular weight excluding hydrogens is 476 g/mol. The van der Waals surface area contributed by atoms with Gasteiger partial charge in [0, 0.05) is 12.4 Å². The Morgan fingerprint density at radius 1 is 1.21 bits per heavy atom. The summed E-state index contributed by atoms with van der Waals surface area (Å²) in [5.41, 5.74) is 1.04. The normalized spacial score (nSPS) is 14.2. The SMILES string of the molecule is CC(C)(C)OC(=O)N1CC(=O)C(C(=S)N(N)c2ccccc2)=C(N(N)Cc2ccncc2Cl)C1. The number of carbonyl (C=O) groups is 2. The van der Waals surface area contributed by atoms with Crippen LogP contribution >= 0.6 is 23.8 Å². The van der Waals surface area contributed by atoms with E-state index in [0.717, 1.165) is 0 Å². The van der Waals surface area contributed by atoms with Gasteiger partial charge in [-0.25, -0.2) is 16.5 Å². The Morgan fingerprint density at radius 3 is 2.50 bits per heavy atom. The highest BCUT2D eigenvalue weighted by Gasteiger charge is 2.36. The van der Waals surface area contributed by atoms with Crippen LogP contribution in [0.3, 0.4) is 0 Å². The van der Waals surface area contributed by atoms with Gasteiger partial charge in [0.2, 0.25) is 0 Å². The Hall–Kier alpha value is -3.05. The van der Waals surface area contributed by atoms with Crippen molar-refractivity contribution >= 4 is 46.4 Å². The van der Waals surface area contributed by atoms with Gasteiger partial charge in [-0.3, -0.25) is 19.7 Å². The molecule has 1 aliphatic heterocycles. The fourth-order valence-electron chi connectivity index (χ4n) is 3.30. The zero-order chi connectivity index (χ0) is 25.0. The molecule has 1 amide bonds. The third kappa shape index (κ3) is 6.09. The van der Waals surface area contributed by atoms with Crippen LogP contribution in [-0.4, -0.2) is 50.4 Å². The third-order valence-corrected chi connectivity index (χ3v) is 5.65. The Balaban J connectivity index is 2.00. The number of para-hydroxylation sites is 1. The van der Waals surface area contributed by atoms with Crippen molar-refractivity contribution < 1.29 is 14.3 Å². The maximum absolute atomic E-state index is 13.3. The van der Waals surface area contributed by atoms with E-state index in [1.165, 1.54) is 21.1 Å². The van der Waals surface area contributed by atoms with E-state index in [2.05, 4.69) is 4.98 Å². The Kier molecular flexibility index (Phi) is 7.88. The first-order valence-corrected chi connectivity index (χ1v) is 11.3. The predicted molar refractivity (Wildman–Crippen MR) is 135 cm³/mol. The number of ether oxygens (including phenoxy) is 1. The molecule has 2 aromatic rings. The van der Waals surface area contributed by atoms with Gasteiger partial charge in [-0.2, -0.15) is 0 Å². The summed E-state index contributed by atoms with van der Waals surface area (Å²) in [4.78, 5) is 31.4. The van der Waals surface area contributed by atoms with Crippen LogP contribution in [0.1, 0.15) is 26.3 Å². The number of amides is 1. The summed E-state index contributed by atoms with van der Waals surface area (Å²) < 4.78 is 5.46. The number of halogens is 1. The van der Waals surface area contributed by atoms with Crippen LogP contribution in [0.5, 0.6) is 0 Å². The van der Waals surface area contributed by atoms with E-state index in [9.17, 15) is 9.59 Å². The summed E-state index contributed by atoms with van der Waals surface area (Å²) >= 11 is 11.9. The standard InChI is InChI=1S/C23H27ClN6O3S/c1-23(2,3)33-22(32)28-13-18(29(25)12-15-9-10-27-11-17(15)24)20(19(31)14-28)21(34)30(26)16-7-5-4-6-8-16/h4-11H,12-14,25-26H2,1-3H3. The van der Waals surface area contributed by atoms with Crippen molar-refractivity contribution in [1.82, 2.24) is 14.9 Å². The number of pyridine rings is 1. The van der Waals surface area contributed by atoms with E-state index < -0.39 is 17.5 Å². The molecule has 0 aliphatic carbocycles. The molecule has 34 heavy (non-hydrogen) atoms. The molecule has 9 nitrogen and oxygen atoms in total. The maximum atomic E-state index is 13.3. The molecule has 0 saturated heterocycles. The zero-order valence-electron chi connectivity index (χ0n) is 19.2. The summed E-state index contributed by atoms with van der Waals surface area (Å²) in [6, 6.07) is 10.7. The minimum absolute atomic E-state index is 0.00202. The highest BCUT2D eigenvalue weighted by molar-refractivity contribution is 7.81. The summed E-state index contributed by atoms with van der Waals surface area (Å²) in [7, 11) is 0. The second-order valence-electron chi connectivity index (χ2n) is 8.69. The van der Waals surface area contributed by atoms with E-state index in [4.69, 9.17) is 40.2 Å². The quantitative estimate of drug-likeness (QED) is 0.361. The Morgan fingerprint density at radius 2 is 1.88 bits per heavy atom. The van der Waals surface area contributed by atoms with E-state index in [-0.39, 0.29) is 30.2 Å². The smallest absolute Gasteiger partial charge is 0.411 e. The van der Waals surface area contributed by atoms with Crippen LogP contribution < -0.4 is 16.7 Å². The average molecular weight is 503 g/mol. The molecule has 0 bridgehead atoms. The Bertz CT molecular complexity index is 1120. The lowest BCUT2D eigenvalue weighted by Crippen LogP contribution is -2.51. The van der Waals surface area contributed by atoms with Gasteiger partial charge in [0.15, 0.2) is 5.78 Å². The summed E-state index contributed by atoms with van der Waals surface area (Å²) in [5, 5.41) is 3.01. The first kappa shape index (κ1) is 25.6. The lowest BCUT2D eigenvalue weighted by atomic mass is 10.0. The average Bonchev–Trinajstić information content (AvgIpc) is 2.78. The lowest BCUT2D eigenvalue weighted by Gasteiger charge is -2.36. The summed E-state index contributed by atoms with van der Waals surface area (Å²) in [6.45, 7) is 5.18. The minimum Gasteiger partial charge on any atom is -0.444 e. The van der Waals surface area contributed by atoms with Crippen molar-refractivity contribution in [3.63, 3.8) is 0 Å². The maximum Gasteiger partial charge on any atom is 0.411 e. The fourth-order valence-corrected chi connectivity index (χ4v) is 3.82. The first-order valence-electron chi connectivity index (χ1n) is 10.5. The molecule has 1 aliphatic rings. The van der Waals surface area contributed by atoms with E-state index >= 15 is 0 Å². The van der Waals surface area contributed by atoms with Gasteiger partial charge in [-0.15, -0.1) is 0 Å². The fraction of sp³-hybridized carbons (Fsp3) is 0.304. The van der Waals surface area contributed by atoms with E-state index in [1.807, 2.05) is 6.07 Å². The second-order valence-corrected chi connectivity index (χ2v) is 9.48. The third-order valence-electron chi connectivity index (χ3n) is 4.91. The number of hydrogen-bond donors (Lipinski definition) is 2. The van der Waals surface area contributed by atoms with Crippen LogP contribution in [0.25, 0.3) is 0 Å². The van der Waals surface area contributed by atoms with Crippen molar-refractivity contribution in [3.8, 4) is 0 Å². The van der Waals surface area contributed by atoms with Crippen molar-refractivity contribution in [2.75, 3.05) is 18.1 Å². The topological polar surface area (TPSA) is 118 Å². The van der Waals surface area contributed by atoms with Crippen LogP contribution in [0.15, 0.2) is 60.1 Å². The van der Waals surface area contributed by atoms with Gasteiger partial charge >= 0.3 is 6.09 Å². The molecule has 0 fully saturated rings. The van der Waals surface area contributed by atoms with Gasteiger partial charge < -0.3 is 9.75 Å². The van der Waals surface area contributed by atoms with Crippen LogP contribution in [0, 0.1) is 0 Å². The number of nitrogens with two attached hydrogens (primary N) is 2. The largest absolute Gasteiger partial charge is 0.444 e. The zero-order valence-corrected chi connectivity index (χ0v) is 20.8. The number of Topliss-reactive ketones (excluding diaryl/α,β-unsaturated/α-hetero) is 1. The van der Waals surface area contributed by atoms with Gasteiger partial charge in [-0.05, 0) is 44.5 Å². The second kappa shape index (κ2) is 10.5. The molecule has 1 aromatic heterocycles. The number of hydrazine groups is 2. The summed E-state index contributed by atoms with van der Waals surface area (Å²) in [5.74, 6) is 12.3. The van der Waals surface area contributed by atoms with Crippen molar-refractivity contribution in [2.24, 2.45) is 11.7 Å². The number of thiocarbonyl (C=S) groups is 1. The number of benzene rings is 1. The molecule has 1 aromatic carbocycles. The summed E-state index contributed by atoms with van der Waals surface area (Å²) in [6.07, 6.45) is 2.46. The van der Waals surface area contributed by atoms with Gasteiger partial charge in [0.05, 0.1) is 41.6 Å². The van der Waals surface area contributed by atoms with E-state index in [0.29, 0.717) is 22.0 Å². The number of rotatable bonds is 5. The number of anilines is 1. The molecule has 2 heterocycles. The first-order chi connectivity index (χ1) is 16.0. The minimum atomic E-state index is -0.728. The van der Waals surface area contributed by atoms with Crippen molar-refractivity contribution in [2.45, 2.75) is 32.9 Å². The van der Waals surface area contributed by atoms with Gasteiger partial charge in [-0.1, -0.05) is 42.0 Å². The van der Waals surface area contributed by atoms with Crippen molar-refractivity contribution in [3.05, 3.63) is 70.6 Å². The number of hydrogen-bond acceptors (Lipinski definition) is 8. The van der Waals surface area contributed by atoms with E-state index in [1.54, 1.807) is 57.3 Å². The predicted octanol–water partition coefficient (Wildman–Crippen LogP) is 3.19. The molecule has 0 spiro atoms. The number of aromatic nitrogens is 1. The number of nitrogens with zero attached hydrogens (tertiary/aromatic N) is 4. The van der Waals surface area contributed by atoms with Crippen LogP contribution in [-0.2, 0) is 16.1 Å². The Labute approximate surface area is 208 Å². The molecule has 0 radical (unpaired) electrons. The van der Waals surface area contributed by atoms with Gasteiger partial charge in [0.25, 0.3) is 0 Å². The molecule has 0 saturated carbocycles. The molecule has 4 N–H and O–H groups in total. The lowest BCUT2D eigenvalue weighted by molar-refractivity contribution is -0.117. The molecule has 180 valence electrons. The highest BCUT2D eigenvalue weighted by Crippen LogP contribution is 2.25. The molecule has 0 unspecified atom stereocenters. The molecular formula is C23H27ClN6O3S. The molecule has 0 atom stereocenters. The van der Waals surface area contributed by atoms with Crippen LogP contribution in [0.4, 0.5) is 10.5 Å².